The molecule has 6 nitrogen and oxygen atoms in total. The van der Waals surface area contributed by atoms with Gasteiger partial charge in [-0.1, -0.05) is 30.0 Å². The van der Waals surface area contributed by atoms with Gasteiger partial charge in [0.2, 0.25) is 5.91 Å². The number of nitrogens with one attached hydrogen (secondary N) is 1. The molecule has 3 rings (SSSR count). The minimum absolute atomic E-state index is 0.0646. The van der Waals surface area contributed by atoms with Crippen molar-refractivity contribution in [3.05, 3.63) is 45.1 Å². The van der Waals surface area contributed by atoms with Crippen LogP contribution < -0.4 is 10.9 Å². The molecule has 0 fully saturated rings. The van der Waals surface area contributed by atoms with Crippen LogP contribution in [0.2, 0.25) is 0 Å². The van der Waals surface area contributed by atoms with Gasteiger partial charge in [-0.05, 0) is 37.5 Å². The number of fused-ring (bicyclic) bond motifs is 1. The fraction of sp³-hybridized carbons (Fsp3) is 0.381. The van der Waals surface area contributed by atoms with Gasteiger partial charge in [0, 0.05) is 31.1 Å². The maximum atomic E-state index is 13.1. The monoisotopic (exact) mass is 431 g/mol. The average Bonchev–Trinajstić information content (AvgIpc) is 3.10. The smallest absolute Gasteiger partial charge is 0.263 e. The van der Waals surface area contributed by atoms with Crippen molar-refractivity contribution >= 4 is 39.2 Å². The lowest BCUT2D eigenvalue weighted by atomic mass is 10.0. The Morgan fingerprint density at radius 3 is 2.79 bits per heavy atom. The van der Waals surface area contributed by atoms with E-state index in [0.717, 1.165) is 11.1 Å². The van der Waals surface area contributed by atoms with Crippen LogP contribution in [0.3, 0.4) is 0 Å². The van der Waals surface area contributed by atoms with Gasteiger partial charge in [-0.25, -0.2) is 4.98 Å². The van der Waals surface area contributed by atoms with Crippen LogP contribution in [-0.4, -0.2) is 41.0 Å². The Kier molecular flexibility index (Phi) is 6.77. The molecule has 0 aliphatic carbocycles. The van der Waals surface area contributed by atoms with Crippen molar-refractivity contribution in [1.82, 2.24) is 14.9 Å². The number of amides is 1. The van der Waals surface area contributed by atoms with E-state index in [0.29, 0.717) is 22.0 Å². The number of aromatic nitrogens is 2. The van der Waals surface area contributed by atoms with Gasteiger partial charge in [0.05, 0.1) is 17.7 Å². The molecule has 0 saturated carbocycles. The molecule has 8 heteroatoms. The van der Waals surface area contributed by atoms with Gasteiger partial charge < -0.3 is 10.1 Å². The normalized spacial score (nSPS) is 12.3. The van der Waals surface area contributed by atoms with Gasteiger partial charge in [-0.2, -0.15) is 0 Å². The molecular formula is C21H25N3O3S2. The van der Waals surface area contributed by atoms with Crippen molar-refractivity contribution in [3.63, 3.8) is 0 Å². The van der Waals surface area contributed by atoms with E-state index in [2.05, 4.69) is 36.3 Å². The summed E-state index contributed by atoms with van der Waals surface area (Å²) in [6, 6.07) is 6.15. The fourth-order valence-corrected chi connectivity index (χ4v) is 4.81. The first-order valence-electron chi connectivity index (χ1n) is 9.28. The third kappa shape index (κ3) is 4.71. The summed E-state index contributed by atoms with van der Waals surface area (Å²) in [6.07, 6.45) is 0. The Balaban J connectivity index is 1.87. The number of hydrogen-bond acceptors (Lipinski definition) is 6. The van der Waals surface area contributed by atoms with Crippen LogP contribution in [0.5, 0.6) is 0 Å². The van der Waals surface area contributed by atoms with E-state index in [1.54, 1.807) is 14.2 Å². The largest absolute Gasteiger partial charge is 0.383 e. The first kappa shape index (κ1) is 21.5. The number of rotatable bonds is 7. The van der Waals surface area contributed by atoms with Gasteiger partial charge in [0.15, 0.2) is 5.16 Å². The van der Waals surface area contributed by atoms with Crippen molar-refractivity contribution in [1.29, 1.82) is 0 Å². The number of carbonyl (C=O) groups excluding carboxylic acids is 1. The van der Waals surface area contributed by atoms with Crippen molar-refractivity contribution in [2.75, 3.05) is 19.5 Å². The summed E-state index contributed by atoms with van der Waals surface area (Å²) in [5.41, 5.74) is 4.23. The number of benzene rings is 1. The number of carbonyl (C=O) groups is 1. The van der Waals surface area contributed by atoms with Crippen LogP contribution >= 0.6 is 23.1 Å². The molecule has 1 amide bonds. The molecule has 0 saturated heterocycles. The number of ether oxygens (including phenoxy) is 1. The maximum Gasteiger partial charge on any atom is 0.263 e. The lowest BCUT2D eigenvalue weighted by Crippen LogP contribution is -2.36. The zero-order valence-corrected chi connectivity index (χ0v) is 18.9. The maximum absolute atomic E-state index is 13.1. The number of thiophene rings is 1. The van der Waals surface area contributed by atoms with Gasteiger partial charge >= 0.3 is 0 Å². The topological polar surface area (TPSA) is 73.2 Å². The highest BCUT2D eigenvalue weighted by Crippen LogP contribution is 2.32. The standard InChI is InChI=1S/C21H25N3O3S2/c1-12-6-7-15(8-13(12)2)16-10-28-19-18(16)20(26)24(4)21(23-19)29-11-17(25)22-14(3)9-27-5/h6-8,10,14H,9,11H2,1-5H3,(H,22,25). The molecule has 1 atom stereocenters. The van der Waals surface area contributed by atoms with Gasteiger partial charge in [-0.3, -0.25) is 14.2 Å². The van der Waals surface area contributed by atoms with Crippen LogP contribution in [0.25, 0.3) is 21.3 Å². The number of thioether (sulfide) groups is 1. The number of hydrogen-bond donors (Lipinski definition) is 1. The summed E-state index contributed by atoms with van der Waals surface area (Å²) in [7, 11) is 3.30. The summed E-state index contributed by atoms with van der Waals surface area (Å²) >= 11 is 2.71. The van der Waals surface area contributed by atoms with Crippen molar-refractivity contribution in [3.8, 4) is 11.1 Å². The Labute approximate surface area is 178 Å². The second-order valence-electron chi connectivity index (χ2n) is 7.10. The second-order valence-corrected chi connectivity index (χ2v) is 8.90. The minimum atomic E-state index is -0.115. The Morgan fingerprint density at radius 1 is 1.34 bits per heavy atom. The van der Waals surface area contributed by atoms with E-state index < -0.39 is 0 Å². The number of methoxy groups -OCH3 is 1. The van der Waals surface area contributed by atoms with E-state index in [1.807, 2.05) is 18.4 Å². The zero-order valence-electron chi connectivity index (χ0n) is 17.2. The Hall–Kier alpha value is -2.16. The van der Waals surface area contributed by atoms with Crippen molar-refractivity contribution < 1.29 is 9.53 Å². The summed E-state index contributed by atoms with van der Waals surface area (Å²) in [5.74, 6) is 0.0748. The highest BCUT2D eigenvalue weighted by Gasteiger charge is 2.17. The highest BCUT2D eigenvalue weighted by atomic mass is 32.2. The molecule has 29 heavy (non-hydrogen) atoms. The lowest BCUT2D eigenvalue weighted by Gasteiger charge is -2.13. The molecule has 2 aromatic heterocycles. The first-order valence-corrected chi connectivity index (χ1v) is 11.1. The Bertz CT molecular complexity index is 1100. The van der Waals surface area contributed by atoms with Crippen molar-refractivity contribution in [2.45, 2.75) is 32.0 Å². The highest BCUT2D eigenvalue weighted by molar-refractivity contribution is 7.99. The van der Waals surface area contributed by atoms with Crippen molar-refractivity contribution in [2.24, 2.45) is 7.05 Å². The molecule has 0 bridgehead atoms. The molecule has 154 valence electrons. The summed E-state index contributed by atoms with van der Waals surface area (Å²) in [4.78, 5) is 30.5. The SMILES string of the molecule is COCC(C)NC(=O)CSc1nc2scc(-c3ccc(C)c(C)c3)c2c(=O)n1C. The molecule has 0 aliphatic heterocycles. The van der Waals surface area contributed by atoms with Crippen LogP contribution in [0.4, 0.5) is 0 Å². The molecule has 0 aliphatic rings. The third-order valence-corrected chi connectivity index (χ3v) is 6.65. The van der Waals surface area contributed by atoms with Crippen LogP contribution in [0.1, 0.15) is 18.1 Å². The predicted molar refractivity (Wildman–Crippen MR) is 120 cm³/mol. The lowest BCUT2D eigenvalue weighted by molar-refractivity contribution is -0.119. The second kappa shape index (κ2) is 9.11. The quantitative estimate of drug-likeness (QED) is 0.458. The summed E-state index contributed by atoms with van der Waals surface area (Å²) < 4.78 is 6.55. The molecule has 0 radical (unpaired) electrons. The van der Waals surface area contributed by atoms with Crippen LogP contribution in [0.15, 0.2) is 33.5 Å². The average molecular weight is 432 g/mol. The van der Waals surface area contributed by atoms with E-state index in [-0.39, 0.29) is 23.3 Å². The fourth-order valence-electron chi connectivity index (χ4n) is 3.04. The molecule has 0 spiro atoms. The third-order valence-electron chi connectivity index (χ3n) is 4.75. The summed E-state index contributed by atoms with van der Waals surface area (Å²) in [6.45, 7) is 6.47. The Morgan fingerprint density at radius 2 is 2.10 bits per heavy atom. The summed E-state index contributed by atoms with van der Waals surface area (Å²) in [5, 5.41) is 6.00. The van der Waals surface area contributed by atoms with E-state index in [9.17, 15) is 9.59 Å². The molecule has 1 N–H and O–H groups in total. The molecule has 2 heterocycles. The molecule has 1 aromatic carbocycles. The van der Waals surface area contributed by atoms with E-state index in [4.69, 9.17) is 4.74 Å². The predicted octanol–water partition coefficient (Wildman–Crippen LogP) is 3.52. The van der Waals surface area contributed by atoms with Gasteiger partial charge in [0.25, 0.3) is 5.56 Å². The molecule has 1 unspecified atom stereocenters. The number of nitrogens with zero attached hydrogens (tertiary/aromatic N) is 2. The molecular weight excluding hydrogens is 406 g/mol. The number of aryl methyl sites for hydroxylation is 2. The van der Waals surface area contributed by atoms with Crippen LogP contribution in [0, 0.1) is 13.8 Å². The molecule has 3 aromatic rings. The van der Waals surface area contributed by atoms with Gasteiger partial charge in [0.1, 0.15) is 4.83 Å². The van der Waals surface area contributed by atoms with Crippen LogP contribution in [-0.2, 0) is 16.6 Å². The van der Waals surface area contributed by atoms with Gasteiger partial charge in [-0.15, -0.1) is 11.3 Å². The van der Waals surface area contributed by atoms with E-state index >= 15 is 0 Å². The van der Waals surface area contributed by atoms with E-state index in [1.165, 1.54) is 38.8 Å². The zero-order chi connectivity index (χ0) is 21.1. The first-order chi connectivity index (χ1) is 13.8. The minimum Gasteiger partial charge on any atom is -0.383 e.